The van der Waals surface area contributed by atoms with Crippen LogP contribution in [-0.4, -0.2) is 39.9 Å². The van der Waals surface area contributed by atoms with Crippen molar-refractivity contribution in [2.75, 3.05) is 17.2 Å². The molecule has 0 aliphatic carbocycles. The number of hydrogen-bond acceptors (Lipinski definition) is 7. The smallest absolute Gasteiger partial charge is 0.428 e. The molecule has 0 spiro atoms. The maximum atomic E-state index is 13.1. The van der Waals surface area contributed by atoms with Crippen LogP contribution in [0.2, 0.25) is 0 Å². The van der Waals surface area contributed by atoms with Gasteiger partial charge in [0.25, 0.3) is 0 Å². The minimum Gasteiger partial charge on any atom is -0.428 e. The number of halogens is 4. The van der Waals surface area contributed by atoms with E-state index in [-0.39, 0.29) is 18.1 Å². The van der Waals surface area contributed by atoms with Gasteiger partial charge in [-0.2, -0.15) is 17.6 Å². The minimum absolute atomic E-state index is 0.139. The molecule has 0 aliphatic heterocycles. The normalized spacial score (nSPS) is 11.3. The van der Waals surface area contributed by atoms with Crippen molar-refractivity contribution in [2.45, 2.75) is 19.0 Å². The molecule has 0 atom stereocenters. The lowest BCUT2D eigenvalue weighted by molar-refractivity contribution is -0.253. The number of carbonyl (C=O) groups excluding carboxylic acids is 1. The fraction of sp³-hybridized carbons (Fsp3) is 0.200. The largest absolute Gasteiger partial charge is 0.461 e. The van der Waals surface area contributed by atoms with E-state index in [1.807, 2.05) is 0 Å². The first-order valence-electron chi connectivity index (χ1n) is 9.26. The van der Waals surface area contributed by atoms with Gasteiger partial charge < -0.3 is 21.1 Å². The summed E-state index contributed by atoms with van der Waals surface area (Å²) < 4.78 is 55.0. The average molecular weight is 450 g/mol. The molecule has 3 rings (SSSR count). The number of nitrogens with zero attached hydrogens (tertiary/aromatic N) is 3. The van der Waals surface area contributed by atoms with Crippen LogP contribution in [0, 0.1) is 0 Å². The van der Waals surface area contributed by atoms with Gasteiger partial charge in [0.05, 0.1) is 5.69 Å². The summed E-state index contributed by atoms with van der Waals surface area (Å²) in [4.78, 5) is 23.4. The van der Waals surface area contributed by atoms with Gasteiger partial charge in [-0.1, -0.05) is 6.07 Å². The average Bonchev–Trinajstić information content (AvgIpc) is 2.74. The number of pyridine rings is 1. The van der Waals surface area contributed by atoms with Crippen LogP contribution < -0.4 is 21.1 Å². The Labute approximate surface area is 179 Å². The summed E-state index contributed by atoms with van der Waals surface area (Å²) in [6.07, 6.45) is -5.38. The number of rotatable bonds is 10. The van der Waals surface area contributed by atoms with E-state index < -0.39 is 24.2 Å². The van der Waals surface area contributed by atoms with Crippen LogP contribution in [0.25, 0.3) is 11.3 Å². The summed E-state index contributed by atoms with van der Waals surface area (Å²) in [6, 6.07) is 10.2. The number of nitrogens with two attached hydrogens (primary N) is 1. The van der Waals surface area contributed by atoms with Crippen LogP contribution in [0.4, 0.5) is 35.0 Å². The van der Waals surface area contributed by atoms with Crippen LogP contribution in [0.1, 0.15) is 6.42 Å². The Kier molecular flexibility index (Phi) is 7.03. The molecule has 0 bridgehead atoms. The van der Waals surface area contributed by atoms with E-state index in [4.69, 9.17) is 5.73 Å². The standard InChI is InChI=1S/C20H18F4N6O2/c21-18(22)20(23,24)32-14-3-1-2-13(11-14)29-19-28-8-5-15(30-19)12-4-7-26-17(10-12)27-9-6-16(25)31/h1-5,7-8,10-11,18H,6,9H2,(H2,25,31)(H,26,27)(H,28,29,30). The van der Waals surface area contributed by atoms with E-state index in [1.165, 1.54) is 18.3 Å². The highest BCUT2D eigenvalue weighted by Gasteiger charge is 2.43. The topological polar surface area (TPSA) is 115 Å². The van der Waals surface area contributed by atoms with Crippen LogP contribution in [0.5, 0.6) is 5.75 Å². The number of primary amides is 1. The summed E-state index contributed by atoms with van der Waals surface area (Å²) in [5.41, 5.74) is 6.59. The summed E-state index contributed by atoms with van der Waals surface area (Å²) in [6.45, 7) is 0.325. The Morgan fingerprint density at radius 2 is 1.91 bits per heavy atom. The molecule has 0 unspecified atom stereocenters. The highest BCUT2D eigenvalue weighted by atomic mass is 19.3. The lowest BCUT2D eigenvalue weighted by Crippen LogP contribution is -2.33. The van der Waals surface area contributed by atoms with Crippen LogP contribution >= 0.6 is 0 Å². The van der Waals surface area contributed by atoms with E-state index in [0.717, 1.165) is 12.1 Å². The number of amides is 1. The van der Waals surface area contributed by atoms with E-state index in [0.29, 0.717) is 23.6 Å². The molecule has 0 radical (unpaired) electrons. The highest BCUT2D eigenvalue weighted by Crippen LogP contribution is 2.29. The Morgan fingerprint density at radius 1 is 1.12 bits per heavy atom. The van der Waals surface area contributed by atoms with Crippen molar-refractivity contribution in [3.63, 3.8) is 0 Å². The second kappa shape index (κ2) is 9.90. The van der Waals surface area contributed by atoms with Crippen LogP contribution in [-0.2, 0) is 4.79 Å². The number of carbonyl (C=O) groups is 1. The Morgan fingerprint density at radius 3 is 2.66 bits per heavy atom. The highest BCUT2D eigenvalue weighted by molar-refractivity contribution is 5.74. The van der Waals surface area contributed by atoms with Crippen molar-refractivity contribution in [1.29, 1.82) is 0 Å². The molecule has 0 aliphatic rings. The quantitative estimate of drug-likeness (QED) is 0.403. The van der Waals surface area contributed by atoms with Crippen molar-refractivity contribution in [1.82, 2.24) is 15.0 Å². The van der Waals surface area contributed by atoms with Gasteiger partial charge in [0.1, 0.15) is 11.6 Å². The first-order valence-corrected chi connectivity index (χ1v) is 9.26. The molecule has 4 N–H and O–H groups in total. The Balaban J connectivity index is 1.73. The van der Waals surface area contributed by atoms with Crippen molar-refractivity contribution in [2.24, 2.45) is 5.73 Å². The van der Waals surface area contributed by atoms with Gasteiger partial charge in [-0.3, -0.25) is 4.79 Å². The van der Waals surface area contributed by atoms with Gasteiger partial charge in [-0.15, -0.1) is 0 Å². The van der Waals surface area contributed by atoms with Gasteiger partial charge in [0.2, 0.25) is 11.9 Å². The van der Waals surface area contributed by atoms with Crippen molar-refractivity contribution in [3.8, 4) is 17.0 Å². The Bertz CT molecular complexity index is 1080. The van der Waals surface area contributed by atoms with Crippen LogP contribution in [0.15, 0.2) is 54.9 Å². The lowest BCUT2D eigenvalue weighted by atomic mass is 10.2. The number of alkyl halides is 4. The maximum Gasteiger partial charge on any atom is 0.461 e. The minimum atomic E-state index is -4.61. The molecule has 168 valence electrons. The zero-order valence-corrected chi connectivity index (χ0v) is 16.4. The molecule has 2 aromatic heterocycles. The SMILES string of the molecule is NC(=O)CCNc1cc(-c2ccnc(Nc3cccc(OC(F)(F)C(F)F)c3)n2)ccn1. The number of ether oxygens (including phenoxy) is 1. The van der Waals surface area contributed by atoms with E-state index in [1.54, 1.807) is 24.4 Å². The zero-order chi connectivity index (χ0) is 23.1. The second-order valence-electron chi connectivity index (χ2n) is 6.46. The molecule has 0 saturated heterocycles. The third kappa shape index (κ3) is 6.27. The van der Waals surface area contributed by atoms with Gasteiger partial charge >= 0.3 is 12.5 Å². The molecule has 32 heavy (non-hydrogen) atoms. The number of benzene rings is 1. The first-order chi connectivity index (χ1) is 15.2. The summed E-state index contributed by atoms with van der Waals surface area (Å²) >= 11 is 0. The summed E-state index contributed by atoms with van der Waals surface area (Å²) in [7, 11) is 0. The first kappa shape index (κ1) is 22.7. The molecule has 1 aromatic carbocycles. The van der Waals surface area contributed by atoms with E-state index in [9.17, 15) is 22.4 Å². The summed E-state index contributed by atoms with van der Waals surface area (Å²) in [5.74, 6) is -0.230. The molecule has 0 fully saturated rings. The molecule has 1 amide bonds. The van der Waals surface area contributed by atoms with Gasteiger partial charge in [0.15, 0.2) is 0 Å². The fourth-order valence-electron chi connectivity index (χ4n) is 2.55. The number of hydrogen-bond donors (Lipinski definition) is 3. The number of nitrogens with one attached hydrogen (secondary N) is 2. The maximum absolute atomic E-state index is 13.1. The van der Waals surface area contributed by atoms with Crippen molar-refractivity contribution < 1.29 is 27.1 Å². The van der Waals surface area contributed by atoms with Gasteiger partial charge in [0, 0.05) is 42.7 Å². The van der Waals surface area contributed by atoms with Gasteiger partial charge in [-0.25, -0.2) is 15.0 Å². The summed E-state index contributed by atoms with van der Waals surface area (Å²) in [5, 5.41) is 5.79. The molecular weight excluding hydrogens is 432 g/mol. The zero-order valence-electron chi connectivity index (χ0n) is 16.4. The molecule has 12 heteroatoms. The molecular formula is C20H18F4N6O2. The lowest BCUT2D eigenvalue weighted by Gasteiger charge is -2.17. The third-order valence-electron chi connectivity index (χ3n) is 3.99. The molecule has 2 heterocycles. The molecule has 0 saturated carbocycles. The van der Waals surface area contributed by atoms with Crippen molar-refractivity contribution in [3.05, 3.63) is 54.9 Å². The fourth-order valence-corrected chi connectivity index (χ4v) is 2.55. The Hall–Kier alpha value is -3.96. The van der Waals surface area contributed by atoms with Gasteiger partial charge in [-0.05, 0) is 30.3 Å². The van der Waals surface area contributed by atoms with E-state index in [2.05, 4.69) is 30.3 Å². The molecule has 3 aromatic rings. The predicted molar refractivity (Wildman–Crippen MR) is 109 cm³/mol. The van der Waals surface area contributed by atoms with Crippen LogP contribution in [0.3, 0.4) is 0 Å². The van der Waals surface area contributed by atoms with E-state index >= 15 is 0 Å². The third-order valence-corrected chi connectivity index (χ3v) is 3.99. The van der Waals surface area contributed by atoms with Crippen molar-refractivity contribution >= 4 is 23.4 Å². The number of anilines is 3. The monoisotopic (exact) mass is 450 g/mol. The molecule has 8 nitrogen and oxygen atoms in total. The second-order valence-corrected chi connectivity index (χ2v) is 6.46. The predicted octanol–water partition coefficient (Wildman–Crippen LogP) is 3.81. The number of aromatic nitrogens is 3.